The Labute approximate surface area is 142 Å². The second-order valence-electron chi connectivity index (χ2n) is 6.87. The van der Waals surface area contributed by atoms with Crippen LogP contribution in [-0.2, 0) is 16.7 Å². The standard InChI is InChI=1S/C19H25NO4/c1-22-16-8-12-4-6-20-7-5-13-9-15(21)18(24-3)11-19(13,20)14(12)10-17(16)23-2/h8-10,15,18,21H,4-7,11H2,1-3H3/t15-,18+,19-/m0/s1. The van der Waals surface area contributed by atoms with Crippen molar-refractivity contribution in [2.45, 2.75) is 37.0 Å². The molecule has 3 atom stereocenters. The van der Waals surface area contributed by atoms with Gasteiger partial charge in [-0.15, -0.1) is 0 Å². The minimum Gasteiger partial charge on any atom is -0.493 e. The van der Waals surface area contributed by atoms with Crippen molar-refractivity contribution in [2.24, 2.45) is 0 Å². The van der Waals surface area contributed by atoms with Crippen LogP contribution in [0.2, 0.25) is 0 Å². The molecule has 1 N–H and O–H groups in total. The fourth-order valence-corrected chi connectivity index (χ4v) is 4.81. The van der Waals surface area contributed by atoms with E-state index in [-0.39, 0.29) is 11.6 Å². The average Bonchev–Trinajstić information content (AvgIpc) is 2.98. The normalized spacial score (nSPS) is 31.8. The van der Waals surface area contributed by atoms with Crippen LogP contribution in [0.3, 0.4) is 0 Å². The highest BCUT2D eigenvalue weighted by Crippen LogP contribution is 2.54. The maximum Gasteiger partial charge on any atom is 0.161 e. The molecule has 1 spiro atoms. The van der Waals surface area contributed by atoms with E-state index in [1.807, 2.05) is 6.08 Å². The molecule has 24 heavy (non-hydrogen) atoms. The number of rotatable bonds is 3. The highest BCUT2D eigenvalue weighted by Gasteiger charge is 2.53. The summed E-state index contributed by atoms with van der Waals surface area (Å²) in [6, 6.07) is 4.24. The molecule has 1 fully saturated rings. The van der Waals surface area contributed by atoms with Gasteiger partial charge in [0.15, 0.2) is 11.5 Å². The molecule has 0 radical (unpaired) electrons. The van der Waals surface area contributed by atoms with Crippen LogP contribution in [0.4, 0.5) is 0 Å². The number of ether oxygens (including phenoxy) is 3. The van der Waals surface area contributed by atoms with Gasteiger partial charge in [0.2, 0.25) is 0 Å². The Balaban J connectivity index is 1.91. The smallest absolute Gasteiger partial charge is 0.161 e. The Morgan fingerprint density at radius 3 is 2.50 bits per heavy atom. The van der Waals surface area contributed by atoms with E-state index >= 15 is 0 Å². The van der Waals surface area contributed by atoms with Crippen molar-refractivity contribution in [3.05, 3.63) is 34.9 Å². The van der Waals surface area contributed by atoms with Crippen molar-refractivity contribution in [3.63, 3.8) is 0 Å². The third-order valence-corrected chi connectivity index (χ3v) is 5.98. The first-order valence-electron chi connectivity index (χ1n) is 8.56. The molecule has 1 saturated heterocycles. The molecule has 0 amide bonds. The molecule has 2 heterocycles. The molecule has 2 aliphatic heterocycles. The van der Waals surface area contributed by atoms with Gasteiger partial charge in [-0.05, 0) is 41.7 Å². The first-order chi connectivity index (χ1) is 11.6. The Hall–Kier alpha value is -1.56. The third-order valence-electron chi connectivity index (χ3n) is 5.98. The van der Waals surface area contributed by atoms with Crippen LogP contribution in [0.1, 0.15) is 24.0 Å². The SMILES string of the molecule is COc1cc2c(cc1OC)[C@]13C[C@@H](OC)[C@@H](O)C=C1CCN3CC2. The first kappa shape index (κ1) is 15.9. The van der Waals surface area contributed by atoms with Gasteiger partial charge in [-0.25, -0.2) is 0 Å². The second-order valence-corrected chi connectivity index (χ2v) is 6.87. The molecule has 5 heteroatoms. The molecule has 1 aromatic rings. The highest BCUT2D eigenvalue weighted by atomic mass is 16.5. The molecule has 0 unspecified atom stereocenters. The Morgan fingerprint density at radius 1 is 1.08 bits per heavy atom. The summed E-state index contributed by atoms with van der Waals surface area (Å²) in [6.45, 7) is 2.05. The maximum atomic E-state index is 10.4. The van der Waals surface area contributed by atoms with Gasteiger partial charge < -0.3 is 19.3 Å². The lowest BCUT2D eigenvalue weighted by Gasteiger charge is -2.49. The number of aliphatic hydroxyl groups excluding tert-OH is 1. The van der Waals surface area contributed by atoms with Crippen molar-refractivity contribution >= 4 is 0 Å². The van der Waals surface area contributed by atoms with Gasteiger partial charge in [-0.1, -0.05) is 6.08 Å². The fourth-order valence-electron chi connectivity index (χ4n) is 4.81. The van der Waals surface area contributed by atoms with Crippen molar-refractivity contribution in [2.75, 3.05) is 34.4 Å². The van der Waals surface area contributed by atoms with Crippen LogP contribution >= 0.6 is 0 Å². The Morgan fingerprint density at radius 2 is 1.79 bits per heavy atom. The maximum absolute atomic E-state index is 10.4. The van der Waals surface area contributed by atoms with E-state index in [2.05, 4.69) is 17.0 Å². The molecule has 4 rings (SSSR count). The first-order valence-corrected chi connectivity index (χ1v) is 8.56. The molecule has 3 aliphatic rings. The van der Waals surface area contributed by atoms with Gasteiger partial charge in [-0.2, -0.15) is 0 Å². The predicted molar refractivity (Wildman–Crippen MR) is 90.6 cm³/mol. The van der Waals surface area contributed by atoms with E-state index in [1.165, 1.54) is 16.7 Å². The van der Waals surface area contributed by atoms with Crippen molar-refractivity contribution in [1.29, 1.82) is 0 Å². The molecule has 0 aromatic heterocycles. The largest absolute Gasteiger partial charge is 0.493 e. The lowest BCUT2D eigenvalue weighted by Crippen LogP contribution is -2.52. The summed E-state index contributed by atoms with van der Waals surface area (Å²) in [6.07, 6.45) is 4.09. The van der Waals surface area contributed by atoms with Gasteiger partial charge in [-0.3, -0.25) is 4.90 Å². The minimum atomic E-state index is -0.527. The predicted octanol–water partition coefficient (Wildman–Crippen LogP) is 1.87. The molecule has 0 bridgehead atoms. The van der Waals surface area contributed by atoms with Crippen molar-refractivity contribution in [3.8, 4) is 11.5 Å². The van der Waals surface area contributed by atoms with Crippen LogP contribution in [0, 0.1) is 0 Å². The van der Waals surface area contributed by atoms with Crippen LogP contribution in [-0.4, -0.2) is 56.6 Å². The fraction of sp³-hybridized carbons (Fsp3) is 0.579. The van der Waals surface area contributed by atoms with Crippen LogP contribution in [0.15, 0.2) is 23.8 Å². The lowest BCUT2D eigenvalue weighted by molar-refractivity contribution is -0.0345. The third kappa shape index (κ3) is 2.05. The minimum absolute atomic E-state index is 0.174. The van der Waals surface area contributed by atoms with Crippen molar-refractivity contribution < 1.29 is 19.3 Å². The summed E-state index contributed by atoms with van der Waals surface area (Å²) >= 11 is 0. The summed E-state index contributed by atoms with van der Waals surface area (Å²) in [7, 11) is 5.04. The van der Waals surface area contributed by atoms with E-state index in [9.17, 15) is 5.11 Å². The quantitative estimate of drug-likeness (QED) is 0.857. The topological polar surface area (TPSA) is 51.2 Å². The molecule has 5 nitrogen and oxygen atoms in total. The average molecular weight is 331 g/mol. The van der Waals surface area contributed by atoms with Crippen LogP contribution < -0.4 is 9.47 Å². The van der Waals surface area contributed by atoms with E-state index < -0.39 is 6.10 Å². The Kier molecular flexibility index (Phi) is 3.82. The zero-order valence-electron chi connectivity index (χ0n) is 14.5. The number of methoxy groups -OCH3 is 3. The molecule has 1 aromatic carbocycles. The number of benzene rings is 1. The van der Waals surface area contributed by atoms with E-state index in [0.717, 1.165) is 43.9 Å². The van der Waals surface area contributed by atoms with Gasteiger partial charge in [0.1, 0.15) is 0 Å². The van der Waals surface area contributed by atoms with Gasteiger partial charge in [0.05, 0.1) is 32.0 Å². The van der Waals surface area contributed by atoms with Gasteiger partial charge >= 0.3 is 0 Å². The summed E-state index contributed by atoms with van der Waals surface area (Å²) in [5.74, 6) is 1.54. The number of nitrogens with zero attached hydrogens (tertiary/aromatic N) is 1. The molecule has 130 valence electrons. The number of hydrogen-bond acceptors (Lipinski definition) is 5. The van der Waals surface area contributed by atoms with E-state index in [4.69, 9.17) is 14.2 Å². The monoisotopic (exact) mass is 331 g/mol. The zero-order valence-corrected chi connectivity index (χ0v) is 14.5. The summed E-state index contributed by atoms with van der Waals surface area (Å²) in [5, 5.41) is 10.4. The highest BCUT2D eigenvalue weighted by molar-refractivity contribution is 5.55. The molecule has 0 saturated carbocycles. The summed E-state index contributed by atoms with van der Waals surface area (Å²) < 4.78 is 16.6. The zero-order chi connectivity index (χ0) is 16.9. The number of aliphatic hydroxyl groups is 1. The van der Waals surface area contributed by atoms with E-state index in [1.54, 1.807) is 21.3 Å². The second kappa shape index (κ2) is 5.76. The number of hydrogen-bond donors (Lipinski definition) is 1. The molecular weight excluding hydrogens is 306 g/mol. The Bertz CT molecular complexity index is 686. The van der Waals surface area contributed by atoms with E-state index in [0.29, 0.717) is 0 Å². The van der Waals surface area contributed by atoms with Crippen LogP contribution in [0.25, 0.3) is 0 Å². The summed E-state index contributed by atoms with van der Waals surface area (Å²) in [5.41, 5.74) is 3.73. The lowest BCUT2D eigenvalue weighted by atomic mass is 9.70. The molecular formula is C19H25NO4. The summed E-state index contributed by atoms with van der Waals surface area (Å²) in [4.78, 5) is 2.55. The molecule has 1 aliphatic carbocycles. The van der Waals surface area contributed by atoms with Crippen molar-refractivity contribution in [1.82, 2.24) is 4.90 Å². The van der Waals surface area contributed by atoms with Crippen LogP contribution in [0.5, 0.6) is 11.5 Å². The number of fused-ring (bicyclic) bond motifs is 1. The van der Waals surface area contributed by atoms with Gasteiger partial charge in [0.25, 0.3) is 0 Å². The van der Waals surface area contributed by atoms with Gasteiger partial charge in [0, 0.05) is 26.6 Å².